The molecule has 0 amide bonds. The van der Waals surface area contributed by atoms with Gasteiger partial charge in [-0.1, -0.05) is 33.6 Å². The van der Waals surface area contributed by atoms with Crippen molar-refractivity contribution in [3.8, 4) is 11.8 Å². The van der Waals surface area contributed by atoms with Crippen molar-refractivity contribution in [2.45, 2.75) is 27.7 Å². The molecule has 1 atom stereocenters. The van der Waals surface area contributed by atoms with Gasteiger partial charge in [0.05, 0.1) is 6.61 Å². The average molecular weight is 154 g/mol. The van der Waals surface area contributed by atoms with Crippen molar-refractivity contribution in [3.05, 3.63) is 0 Å². The molecule has 1 heteroatoms. The first kappa shape index (κ1) is 10.5. The SMILES string of the molecule is CC(C)C#CC(CO)C(C)C. The number of aliphatic hydroxyl groups is 1. The highest BCUT2D eigenvalue weighted by Gasteiger charge is 2.07. The third kappa shape index (κ3) is 4.86. The van der Waals surface area contributed by atoms with Crippen LogP contribution in [0.5, 0.6) is 0 Å². The predicted molar refractivity (Wildman–Crippen MR) is 48.0 cm³/mol. The Morgan fingerprint density at radius 2 is 1.64 bits per heavy atom. The molecule has 0 heterocycles. The van der Waals surface area contributed by atoms with Crippen molar-refractivity contribution < 1.29 is 5.11 Å². The highest BCUT2D eigenvalue weighted by atomic mass is 16.3. The van der Waals surface area contributed by atoms with Crippen molar-refractivity contribution in [2.75, 3.05) is 6.61 Å². The minimum atomic E-state index is 0.150. The predicted octanol–water partition coefficient (Wildman–Crippen LogP) is 1.91. The molecule has 0 aromatic rings. The molecule has 0 radical (unpaired) electrons. The normalized spacial score (nSPS) is 13.0. The van der Waals surface area contributed by atoms with Gasteiger partial charge in [-0.2, -0.15) is 0 Å². The molecule has 0 spiro atoms. The Morgan fingerprint density at radius 1 is 1.09 bits per heavy atom. The first-order valence-corrected chi connectivity index (χ1v) is 4.19. The molecule has 0 saturated carbocycles. The van der Waals surface area contributed by atoms with Gasteiger partial charge in [-0.3, -0.25) is 0 Å². The monoisotopic (exact) mass is 154 g/mol. The molecule has 0 aliphatic heterocycles. The van der Waals surface area contributed by atoms with Gasteiger partial charge in [-0.15, -0.1) is 5.92 Å². The van der Waals surface area contributed by atoms with E-state index in [2.05, 4.69) is 39.5 Å². The van der Waals surface area contributed by atoms with Gasteiger partial charge >= 0.3 is 0 Å². The zero-order valence-electron chi connectivity index (χ0n) is 7.89. The summed E-state index contributed by atoms with van der Waals surface area (Å²) in [4.78, 5) is 0. The fourth-order valence-electron chi connectivity index (χ4n) is 0.697. The Kier molecular flexibility index (Phi) is 4.98. The summed E-state index contributed by atoms with van der Waals surface area (Å²) in [7, 11) is 0. The second-order valence-corrected chi connectivity index (χ2v) is 3.48. The number of hydrogen-bond donors (Lipinski definition) is 1. The third-order valence-electron chi connectivity index (χ3n) is 1.56. The molecule has 0 bridgehead atoms. The molecule has 0 aliphatic carbocycles. The van der Waals surface area contributed by atoms with Gasteiger partial charge in [0.25, 0.3) is 0 Å². The lowest BCUT2D eigenvalue weighted by Gasteiger charge is -2.10. The second kappa shape index (κ2) is 5.21. The Morgan fingerprint density at radius 3 is 1.91 bits per heavy atom. The molecule has 0 rings (SSSR count). The van der Waals surface area contributed by atoms with Gasteiger partial charge in [-0.05, 0) is 5.92 Å². The topological polar surface area (TPSA) is 20.2 Å². The second-order valence-electron chi connectivity index (χ2n) is 3.48. The Labute approximate surface area is 69.8 Å². The fourth-order valence-corrected chi connectivity index (χ4v) is 0.697. The molecule has 0 aliphatic rings. The van der Waals surface area contributed by atoms with E-state index in [1.165, 1.54) is 0 Å². The molecular weight excluding hydrogens is 136 g/mol. The molecule has 0 aromatic carbocycles. The van der Waals surface area contributed by atoms with Gasteiger partial charge in [-0.25, -0.2) is 0 Å². The lowest BCUT2D eigenvalue weighted by atomic mass is 9.97. The summed E-state index contributed by atoms with van der Waals surface area (Å²) in [6.07, 6.45) is 0. The molecular formula is C10H18O. The lowest BCUT2D eigenvalue weighted by Crippen LogP contribution is -2.10. The lowest BCUT2D eigenvalue weighted by molar-refractivity contribution is 0.227. The van der Waals surface area contributed by atoms with E-state index in [1.807, 2.05) is 0 Å². The fraction of sp³-hybridized carbons (Fsp3) is 0.800. The summed E-state index contributed by atoms with van der Waals surface area (Å²) in [5, 5.41) is 8.91. The Balaban J connectivity index is 4.00. The Hall–Kier alpha value is -0.480. The van der Waals surface area contributed by atoms with Crippen molar-refractivity contribution in [2.24, 2.45) is 17.8 Å². The zero-order valence-corrected chi connectivity index (χ0v) is 7.89. The molecule has 11 heavy (non-hydrogen) atoms. The van der Waals surface area contributed by atoms with Crippen LogP contribution >= 0.6 is 0 Å². The number of hydrogen-bond acceptors (Lipinski definition) is 1. The van der Waals surface area contributed by atoms with Crippen LogP contribution in [0.2, 0.25) is 0 Å². The van der Waals surface area contributed by atoms with E-state index in [-0.39, 0.29) is 12.5 Å². The molecule has 1 nitrogen and oxygen atoms in total. The van der Waals surface area contributed by atoms with Crippen LogP contribution in [0.15, 0.2) is 0 Å². The first-order chi connectivity index (χ1) is 5.07. The molecule has 64 valence electrons. The first-order valence-electron chi connectivity index (χ1n) is 4.19. The van der Waals surface area contributed by atoms with Crippen molar-refractivity contribution >= 4 is 0 Å². The number of aliphatic hydroxyl groups excluding tert-OH is 1. The standard InChI is InChI=1S/C10H18O/c1-8(2)5-6-10(7-11)9(3)4/h8-11H,7H2,1-4H3. The summed E-state index contributed by atoms with van der Waals surface area (Å²) in [5.41, 5.74) is 0. The average Bonchev–Trinajstić information content (AvgIpc) is 1.87. The van der Waals surface area contributed by atoms with Crippen molar-refractivity contribution in [3.63, 3.8) is 0 Å². The summed E-state index contributed by atoms with van der Waals surface area (Å²) in [6.45, 7) is 8.45. The zero-order chi connectivity index (χ0) is 8.85. The summed E-state index contributed by atoms with van der Waals surface area (Å²) in [6, 6.07) is 0. The summed E-state index contributed by atoms with van der Waals surface area (Å²) in [5.74, 6) is 7.14. The summed E-state index contributed by atoms with van der Waals surface area (Å²) < 4.78 is 0. The van der Waals surface area contributed by atoms with Gasteiger partial charge in [0.15, 0.2) is 0 Å². The van der Waals surface area contributed by atoms with Gasteiger partial charge in [0, 0.05) is 11.8 Å². The van der Waals surface area contributed by atoms with Crippen LogP contribution in [0.3, 0.4) is 0 Å². The Bertz CT molecular complexity index is 148. The summed E-state index contributed by atoms with van der Waals surface area (Å²) >= 11 is 0. The van der Waals surface area contributed by atoms with E-state index in [1.54, 1.807) is 0 Å². The quantitative estimate of drug-likeness (QED) is 0.602. The van der Waals surface area contributed by atoms with E-state index in [0.29, 0.717) is 11.8 Å². The third-order valence-corrected chi connectivity index (χ3v) is 1.56. The minimum absolute atomic E-state index is 0.150. The number of rotatable bonds is 2. The van der Waals surface area contributed by atoms with Crippen LogP contribution in [-0.4, -0.2) is 11.7 Å². The van der Waals surface area contributed by atoms with Crippen molar-refractivity contribution in [1.82, 2.24) is 0 Å². The molecule has 0 fully saturated rings. The van der Waals surface area contributed by atoms with Gasteiger partial charge < -0.3 is 5.11 Å². The van der Waals surface area contributed by atoms with Gasteiger partial charge in [0.1, 0.15) is 0 Å². The molecule has 1 N–H and O–H groups in total. The van der Waals surface area contributed by atoms with Crippen LogP contribution in [-0.2, 0) is 0 Å². The van der Waals surface area contributed by atoms with E-state index in [4.69, 9.17) is 5.11 Å². The maximum atomic E-state index is 8.91. The van der Waals surface area contributed by atoms with E-state index < -0.39 is 0 Å². The smallest absolute Gasteiger partial charge is 0.0571 e. The van der Waals surface area contributed by atoms with E-state index in [0.717, 1.165) is 0 Å². The molecule has 1 unspecified atom stereocenters. The minimum Gasteiger partial charge on any atom is -0.395 e. The van der Waals surface area contributed by atoms with Crippen LogP contribution in [0.4, 0.5) is 0 Å². The van der Waals surface area contributed by atoms with Crippen LogP contribution in [0.25, 0.3) is 0 Å². The molecule has 0 saturated heterocycles. The maximum Gasteiger partial charge on any atom is 0.0571 e. The van der Waals surface area contributed by atoms with Crippen LogP contribution < -0.4 is 0 Å². The van der Waals surface area contributed by atoms with Crippen molar-refractivity contribution in [1.29, 1.82) is 0 Å². The molecule has 0 aromatic heterocycles. The highest BCUT2D eigenvalue weighted by molar-refractivity contribution is 5.06. The van der Waals surface area contributed by atoms with Gasteiger partial charge in [0.2, 0.25) is 0 Å². The van der Waals surface area contributed by atoms with Crippen LogP contribution in [0, 0.1) is 29.6 Å². The van der Waals surface area contributed by atoms with E-state index >= 15 is 0 Å². The largest absolute Gasteiger partial charge is 0.395 e. The highest BCUT2D eigenvalue weighted by Crippen LogP contribution is 2.08. The van der Waals surface area contributed by atoms with E-state index in [9.17, 15) is 0 Å². The van der Waals surface area contributed by atoms with Crippen LogP contribution in [0.1, 0.15) is 27.7 Å². The maximum absolute atomic E-state index is 8.91.